The first kappa shape index (κ1) is 18.8. The van der Waals surface area contributed by atoms with Crippen LogP contribution in [0.4, 0.5) is 0 Å². The monoisotopic (exact) mass is 384 g/mol. The maximum atomic E-state index is 13.0. The van der Waals surface area contributed by atoms with Crippen molar-refractivity contribution in [2.75, 3.05) is 27.3 Å². The average Bonchev–Trinajstić information content (AvgIpc) is 3.06. The predicted molar refractivity (Wildman–Crippen MR) is 105 cm³/mol. The van der Waals surface area contributed by atoms with Gasteiger partial charge in [0, 0.05) is 43.0 Å². The van der Waals surface area contributed by atoms with Crippen LogP contribution in [-0.2, 0) is 0 Å². The van der Waals surface area contributed by atoms with Gasteiger partial charge in [0.25, 0.3) is 5.91 Å². The number of methoxy groups -OCH3 is 2. The fraction of sp³-hybridized carbons (Fsp3) is 0.571. The number of likely N-dealkylation sites (tertiary alicyclic amines) is 1. The van der Waals surface area contributed by atoms with Crippen LogP contribution in [-0.4, -0.2) is 52.7 Å². The third-order valence-electron chi connectivity index (χ3n) is 6.07. The number of aromatic nitrogens is 3. The third-order valence-corrected chi connectivity index (χ3v) is 6.07. The zero-order valence-corrected chi connectivity index (χ0v) is 16.9. The van der Waals surface area contributed by atoms with Crippen LogP contribution in [0.25, 0.3) is 0 Å². The molecule has 0 spiro atoms. The predicted octanol–water partition coefficient (Wildman–Crippen LogP) is 3.35. The molecule has 7 heteroatoms. The van der Waals surface area contributed by atoms with E-state index in [1.54, 1.807) is 19.2 Å². The van der Waals surface area contributed by atoms with Crippen LogP contribution in [0.5, 0.6) is 11.8 Å². The van der Waals surface area contributed by atoms with Crippen molar-refractivity contribution >= 4 is 5.91 Å². The Morgan fingerprint density at radius 1 is 1.11 bits per heavy atom. The standard InChI is InChI=1S/C21H28N4O3/c1-14-13-22-19(15-5-4-6-15)25(14)16-9-11-24(12-10-16)21(26)17-7-8-18(27-2)23-20(17)28-3/h7-8,13,15-16H,4-6,9-12H2,1-3H3. The molecule has 1 aliphatic heterocycles. The summed E-state index contributed by atoms with van der Waals surface area (Å²) in [6.45, 7) is 3.58. The van der Waals surface area contributed by atoms with Crippen LogP contribution >= 0.6 is 0 Å². The Bertz CT molecular complexity index is 851. The fourth-order valence-electron chi connectivity index (χ4n) is 4.26. The Hall–Kier alpha value is -2.57. The minimum Gasteiger partial charge on any atom is -0.481 e. The molecular weight excluding hydrogens is 356 g/mol. The zero-order valence-electron chi connectivity index (χ0n) is 16.9. The van der Waals surface area contributed by atoms with Crippen molar-refractivity contribution in [3.63, 3.8) is 0 Å². The number of carbonyl (C=O) groups excluding carboxylic acids is 1. The van der Waals surface area contributed by atoms with Gasteiger partial charge in [0.1, 0.15) is 11.4 Å². The van der Waals surface area contributed by atoms with E-state index in [-0.39, 0.29) is 5.91 Å². The smallest absolute Gasteiger partial charge is 0.259 e. The van der Waals surface area contributed by atoms with Crippen LogP contribution in [0.1, 0.15) is 65.9 Å². The average molecular weight is 384 g/mol. The van der Waals surface area contributed by atoms with Crippen molar-refractivity contribution in [3.8, 4) is 11.8 Å². The highest BCUT2D eigenvalue weighted by Crippen LogP contribution is 2.38. The van der Waals surface area contributed by atoms with Crippen LogP contribution in [0, 0.1) is 6.92 Å². The van der Waals surface area contributed by atoms with Crippen molar-refractivity contribution in [1.29, 1.82) is 0 Å². The van der Waals surface area contributed by atoms with Crippen LogP contribution < -0.4 is 9.47 Å². The molecule has 0 aromatic carbocycles. The van der Waals surface area contributed by atoms with E-state index < -0.39 is 0 Å². The van der Waals surface area contributed by atoms with E-state index >= 15 is 0 Å². The van der Waals surface area contributed by atoms with Crippen molar-refractivity contribution in [2.24, 2.45) is 0 Å². The summed E-state index contributed by atoms with van der Waals surface area (Å²) in [6, 6.07) is 3.84. The van der Waals surface area contributed by atoms with Crippen LogP contribution in [0.2, 0.25) is 0 Å². The second-order valence-electron chi connectivity index (χ2n) is 7.69. The summed E-state index contributed by atoms with van der Waals surface area (Å²) in [7, 11) is 3.07. The summed E-state index contributed by atoms with van der Waals surface area (Å²) in [4.78, 5) is 23.9. The molecule has 1 amide bonds. The Labute approximate surface area is 165 Å². The Balaban J connectivity index is 1.46. The molecule has 0 unspecified atom stereocenters. The number of nitrogens with zero attached hydrogens (tertiary/aromatic N) is 4. The summed E-state index contributed by atoms with van der Waals surface area (Å²) >= 11 is 0. The number of imidazole rings is 1. The Morgan fingerprint density at radius 2 is 1.86 bits per heavy atom. The van der Waals surface area contributed by atoms with Crippen molar-refractivity contribution < 1.29 is 14.3 Å². The molecule has 0 N–H and O–H groups in total. The number of hydrogen-bond acceptors (Lipinski definition) is 5. The minimum absolute atomic E-state index is 0.0352. The summed E-state index contributed by atoms with van der Waals surface area (Å²) in [6.07, 6.45) is 7.68. The molecule has 28 heavy (non-hydrogen) atoms. The number of piperidine rings is 1. The number of hydrogen-bond donors (Lipinski definition) is 0. The van der Waals surface area contributed by atoms with E-state index in [0.717, 1.165) is 25.9 Å². The topological polar surface area (TPSA) is 69.5 Å². The van der Waals surface area contributed by atoms with E-state index in [1.165, 1.54) is 37.9 Å². The van der Waals surface area contributed by atoms with E-state index in [1.807, 2.05) is 11.1 Å². The quantitative estimate of drug-likeness (QED) is 0.791. The van der Waals surface area contributed by atoms with Gasteiger partial charge in [-0.05, 0) is 38.7 Å². The van der Waals surface area contributed by atoms with Gasteiger partial charge in [-0.2, -0.15) is 4.98 Å². The zero-order chi connectivity index (χ0) is 19.7. The van der Waals surface area contributed by atoms with Gasteiger partial charge in [0.2, 0.25) is 11.8 Å². The highest BCUT2D eigenvalue weighted by atomic mass is 16.5. The largest absolute Gasteiger partial charge is 0.481 e. The lowest BCUT2D eigenvalue weighted by atomic mass is 9.84. The summed E-state index contributed by atoms with van der Waals surface area (Å²) in [5.74, 6) is 2.57. The van der Waals surface area contributed by atoms with Gasteiger partial charge in [0.15, 0.2) is 0 Å². The Kier molecular flexibility index (Phi) is 5.24. The molecular formula is C21H28N4O3. The molecule has 0 bridgehead atoms. The molecule has 1 saturated heterocycles. The normalized spacial score (nSPS) is 18.0. The lowest BCUT2D eigenvalue weighted by Crippen LogP contribution is -2.39. The van der Waals surface area contributed by atoms with E-state index in [9.17, 15) is 4.79 Å². The SMILES string of the molecule is COc1ccc(C(=O)N2CCC(n3c(C)cnc3C3CCC3)CC2)c(OC)n1. The van der Waals surface area contributed by atoms with Gasteiger partial charge < -0.3 is 18.9 Å². The molecule has 2 fully saturated rings. The minimum atomic E-state index is -0.0352. The van der Waals surface area contributed by atoms with Gasteiger partial charge in [-0.3, -0.25) is 4.79 Å². The molecule has 0 radical (unpaired) electrons. The highest BCUT2D eigenvalue weighted by Gasteiger charge is 2.31. The van der Waals surface area contributed by atoms with Gasteiger partial charge >= 0.3 is 0 Å². The number of aryl methyl sites for hydroxylation is 1. The van der Waals surface area contributed by atoms with Crippen molar-refractivity contribution in [2.45, 2.75) is 51.0 Å². The second kappa shape index (κ2) is 7.81. The first-order valence-corrected chi connectivity index (χ1v) is 10.0. The van der Waals surface area contributed by atoms with E-state index in [4.69, 9.17) is 14.5 Å². The number of amides is 1. The van der Waals surface area contributed by atoms with Gasteiger partial charge in [-0.1, -0.05) is 6.42 Å². The van der Waals surface area contributed by atoms with E-state index in [2.05, 4.69) is 16.5 Å². The molecule has 7 nitrogen and oxygen atoms in total. The summed E-state index contributed by atoms with van der Waals surface area (Å²) in [5, 5.41) is 0. The fourth-order valence-corrected chi connectivity index (χ4v) is 4.26. The summed E-state index contributed by atoms with van der Waals surface area (Å²) < 4.78 is 12.9. The Morgan fingerprint density at radius 3 is 2.46 bits per heavy atom. The molecule has 1 aliphatic carbocycles. The number of carbonyl (C=O) groups is 1. The third kappa shape index (κ3) is 3.34. The molecule has 150 valence electrons. The maximum Gasteiger partial charge on any atom is 0.259 e. The maximum absolute atomic E-state index is 13.0. The van der Waals surface area contributed by atoms with E-state index in [0.29, 0.717) is 29.3 Å². The van der Waals surface area contributed by atoms with Gasteiger partial charge in [0.05, 0.1) is 14.2 Å². The van der Waals surface area contributed by atoms with Crippen molar-refractivity contribution in [1.82, 2.24) is 19.4 Å². The van der Waals surface area contributed by atoms with Gasteiger partial charge in [-0.15, -0.1) is 0 Å². The molecule has 2 aromatic rings. The van der Waals surface area contributed by atoms with Crippen LogP contribution in [0.3, 0.4) is 0 Å². The summed E-state index contributed by atoms with van der Waals surface area (Å²) in [5.41, 5.74) is 1.71. The number of ether oxygens (including phenoxy) is 2. The first-order valence-electron chi connectivity index (χ1n) is 10.0. The van der Waals surface area contributed by atoms with Gasteiger partial charge in [-0.25, -0.2) is 4.98 Å². The highest BCUT2D eigenvalue weighted by molar-refractivity contribution is 5.96. The van der Waals surface area contributed by atoms with Crippen LogP contribution in [0.15, 0.2) is 18.3 Å². The molecule has 1 saturated carbocycles. The molecule has 3 heterocycles. The lowest BCUT2D eigenvalue weighted by molar-refractivity contribution is 0.0687. The first-order chi connectivity index (χ1) is 13.6. The number of rotatable bonds is 5. The second-order valence-corrected chi connectivity index (χ2v) is 7.69. The molecule has 2 aromatic heterocycles. The number of pyridine rings is 1. The molecule has 0 atom stereocenters. The molecule has 2 aliphatic rings. The van der Waals surface area contributed by atoms with Crippen molar-refractivity contribution in [3.05, 3.63) is 35.4 Å². The lowest BCUT2D eigenvalue weighted by Gasteiger charge is -2.36. The molecule has 4 rings (SSSR count).